The molecule has 4 heteroatoms. The van der Waals surface area contributed by atoms with Crippen molar-refractivity contribution in [2.24, 2.45) is 5.92 Å². The fourth-order valence-corrected chi connectivity index (χ4v) is 2.31. The first-order valence-electron chi connectivity index (χ1n) is 6.09. The standard InChI is InChI=1S/C12H24N2O2/c1-9(12(15)16-4)10(2)14-7-5-6-11(8-14)13-3/h9-11,13H,5-8H2,1-4H3. The first kappa shape index (κ1) is 13.5. The lowest BCUT2D eigenvalue weighted by atomic mass is 9.97. The van der Waals surface area contributed by atoms with Crippen LogP contribution < -0.4 is 5.32 Å². The van der Waals surface area contributed by atoms with Gasteiger partial charge in [0.15, 0.2) is 0 Å². The van der Waals surface area contributed by atoms with E-state index < -0.39 is 0 Å². The monoisotopic (exact) mass is 228 g/mol. The predicted octanol–water partition coefficient (Wildman–Crippen LogP) is 0.868. The molecule has 0 radical (unpaired) electrons. The summed E-state index contributed by atoms with van der Waals surface area (Å²) in [5, 5.41) is 3.31. The molecular weight excluding hydrogens is 204 g/mol. The minimum absolute atomic E-state index is 0.0550. The van der Waals surface area contributed by atoms with Gasteiger partial charge in [0.1, 0.15) is 0 Å². The third-order valence-electron chi connectivity index (χ3n) is 3.73. The van der Waals surface area contributed by atoms with Crippen molar-refractivity contribution in [3.63, 3.8) is 0 Å². The molecule has 0 bridgehead atoms. The van der Waals surface area contributed by atoms with Crippen LogP contribution in [0, 0.1) is 5.92 Å². The largest absolute Gasteiger partial charge is 0.469 e. The fraction of sp³-hybridized carbons (Fsp3) is 0.917. The number of rotatable bonds is 4. The molecule has 1 rings (SSSR count). The summed E-state index contributed by atoms with van der Waals surface area (Å²) in [5.74, 6) is -0.167. The molecule has 1 N–H and O–H groups in total. The average molecular weight is 228 g/mol. The van der Waals surface area contributed by atoms with Crippen LogP contribution in [0.5, 0.6) is 0 Å². The predicted molar refractivity (Wildman–Crippen MR) is 64.3 cm³/mol. The first-order valence-corrected chi connectivity index (χ1v) is 6.09. The van der Waals surface area contributed by atoms with Crippen LogP contribution >= 0.6 is 0 Å². The Labute approximate surface area is 98.3 Å². The summed E-state index contributed by atoms with van der Waals surface area (Å²) in [5.41, 5.74) is 0. The van der Waals surface area contributed by atoms with Crippen molar-refractivity contribution in [3.8, 4) is 0 Å². The van der Waals surface area contributed by atoms with Gasteiger partial charge in [-0.15, -0.1) is 0 Å². The van der Waals surface area contributed by atoms with E-state index in [0.29, 0.717) is 6.04 Å². The maximum Gasteiger partial charge on any atom is 0.309 e. The number of hydrogen-bond acceptors (Lipinski definition) is 4. The minimum atomic E-state index is -0.112. The molecule has 0 aromatic carbocycles. The number of likely N-dealkylation sites (N-methyl/N-ethyl adjacent to an activating group) is 1. The van der Waals surface area contributed by atoms with Crippen molar-refractivity contribution >= 4 is 5.97 Å². The van der Waals surface area contributed by atoms with Gasteiger partial charge in [0.05, 0.1) is 13.0 Å². The minimum Gasteiger partial charge on any atom is -0.469 e. The molecule has 94 valence electrons. The van der Waals surface area contributed by atoms with E-state index in [9.17, 15) is 4.79 Å². The second-order valence-corrected chi connectivity index (χ2v) is 4.68. The molecule has 16 heavy (non-hydrogen) atoms. The van der Waals surface area contributed by atoms with Crippen LogP contribution in [0.3, 0.4) is 0 Å². The van der Waals surface area contributed by atoms with Crippen LogP contribution in [0.15, 0.2) is 0 Å². The van der Waals surface area contributed by atoms with E-state index in [0.717, 1.165) is 13.1 Å². The maximum atomic E-state index is 11.5. The Kier molecular flexibility index (Phi) is 5.22. The van der Waals surface area contributed by atoms with Crippen molar-refractivity contribution in [1.82, 2.24) is 10.2 Å². The Morgan fingerprint density at radius 1 is 1.50 bits per heavy atom. The summed E-state index contributed by atoms with van der Waals surface area (Å²) in [6, 6.07) is 0.810. The lowest BCUT2D eigenvalue weighted by molar-refractivity contribution is -0.147. The summed E-state index contributed by atoms with van der Waals surface area (Å²) >= 11 is 0. The summed E-state index contributed by atoms with van der Waals surface area (Å²) in [7, 11) is 3.46. The fourth-order valence-electron chi connectivity index (χ4n) is 2.31. The van der Waals surface area contributed by atoms with Gasteiger partial charge in [-0.05, 0) is 33.4 Å². The number of methoxy groups -OCH3 is 1. The van der Waals surface area contributed by atoms with Crippen LogP contribution in [0.4, 0.5) is 0 Å². The van der Waals surface area contributed by atoms with Crippen molar-refractivity contribution < 1.29 is 9.53 Å². The molecule has 0 aromatic heterocycles. The molecule has 3 unspecified atom stereocenters. The summed E-state index contributed by atoms with van der Waals surface area (Å²) in [6.07, 6.45) is 2.43. The van der Waals surface area contributed by atoms with Crippen LogP contribution in [-0.2, 0) is 9.53 Å². The first-order chi connectivity index (χ1) is 7.60. The van der Waals surface area contributed by atoms with Crippen LogP contribution in [-0.4, -0.2) is 50.2 Å². The molecule has 0 amide bonds. The molecule has 1 heterocycles. The van der Waals surface area contributed by atoms with E-state index >= 15 is 0 Å². The lowest BCUT2D eigenvalue weighted by Crippen LogP contribution is -2.50. The highest BCUT2D eigenvalue weighted by atomic mass is 16.5. The zero-order valence-electron chi connectivity index (χ0n) is 10.8. The van der Waals surface area contributed by atoms with Gasteiger partial charge in [-0.1, -0.05) is 6.92 Å². The van der Waals surface area contributed by atoms with Gasteiger partial charge in [-0.25, -0.2) is 0 Å². The summed E-state index contributed by atoms with van der Waals surface area (Å²) in [6.45, 7) is 6.17. The topological polar surface area (TPSA) is 41.6 Å². The van der Waals surface area contributed by atoms with Gasteiger partial charge in [-0.3, -0.25) is 9.69 Å². The Balaban J connectivity index is 2.52. The number of ether oxygens (including phenoxy) is 1. The molecule has 1 aliphatic rings. The molecule has 0 spiro atoms. The van der Waals surface area contributed by atoms with E-state index in [1.807, 2.05) is 14.0 Å². The molecule has 3 atom stereocenters. The normalized spacial score (nSPS) is 26.1. The molecule has 1 aliphatic heterocycles. The SMILES string of the molecule is CNC1CCCN(C(C)C(C)C(=O)OC)C1. The molecule has 1 saturated heterocycles. The maximum absolute atomic E-state index is 11.5. The number of hydrogen-bond donors (Lipinski definition) is 1. The third kappa shape index (κ3) is 3.19. The smallest absolute Gasteiger partial charge is 0.309 e. The molecule has 0 saturated carbocycles. The molecule has 0 aliphatic carbocycles. The number of nitrogens with zero attached hydrogens (tertiary/aromatic N) is 1. The second-order valence-electron chi connectivity index (χ2n) is 4.68. The number of piperidine rings is 1. The van der Waals surface area contributed by atoms with Crippen LogP contribution in [0.1, 0.15) is 26.7 Å². The van der Waals surface area contributed by atoms with Crippen molar-refractivity contribution in [2.45, 2.75) is 38.8 Å². The number of nitrogens with one attached hydrogen (secondary N) is 1. The highest BCUT2D eigenvalue weighted by Crippen LogP contribution is 2.18. The van der Waals surface area contributed by atoms with Crippen molar-refractivity contribution in [3.05, 3.63) is 0 Å². The Hall–Kier alpha value is -0.610. The highest BCUT2D eigenvalue weighted by Gasteiger charge is 2.29. The third-order valence-corrected chi connectivity index (χ3v) is 3.73. The molecule has 4 nitrogen and oxygen atoms in total. The van der Waals surface area contributed by atoms with Crippen LogP contribution in [0.25, 0.3) is 0 Å². The van der Waals surface area contributed by atoms with Gasteiger partial charge < -0.3 is 10.1 Å². The van der Waals surface area contributed by atoms with Gasteiger partial charge in [0.2, 0.25) is 0 Å². The molecule has 0 aromatic rings. The average Bonchev–Trinajstić information content (AvgIpc) is 2.36. The van der Waals surface area contributed by atoms with Crippen molar-refractivity contribution in [1.29, 1.82) is 0 Å². The number of likely N-dealkylation sites (tertiary alicyclic amines) is 1. The van der Waals surface area contributed by atoms with E-state index in [2.05, 4.69) is 17.1 Å². The van der Waals surface area contributed by atoms with E-state index in [4.69, 9.17) is 4.74 Å². The number of carbonyl (C=O) groups excluding carboxylic acids is 1. The van der Waals surface area contributed by atoms with Gasteiger partial charge in [-0.2, -0.15) is 0 Å². The van der Waals surface area contributed by atoms with Gasteiger partial charge in [0.25, 0.3) is 0 Å². The van der Waals surface area contributed by atoms with Crippen molar-refractivity contribution in [2.75, 3.05) is 27.2 Å². The zero-order chi connectivity index (χ0) is 12.1. The molecular formula is C12H24N2O2. The Morgan fingerprint density at radius 2 is 2.19 bits per heavy atom. The zero-order valence-corrected chi connectivity index (χ0v) is 10.8. The number of esters is 1. The Morgan fingerprint density at radius 3 is 2.75 bits per heavy atom. The Bertz CT molecular complexity index is 233. The highest BCUT2D eigenvalue weighted by molar-refractivity contribution is 5.72. The summed E-state index contributed by atoms with van der Waals surface area (Å²) in [4.78, 5) is 13.9. The van der Waals surface area contributed by atoms with E-state index in [1.165, 1.54) is 20.0 Å². The number of carbonyl (C=O) groups is 1. The van der Waals surface area contributed by atoms with Gasteiger partial charge in [0, 0.05) is 18.6 Å². The van der Waals surface area contributed by atoms with E-state index in [1.54, 1.807) is 0 Å². The van der Waals surface area contributed by atoms with Gasteiger partial charge >= 0.3 is 5.97 Å². The quantitative estimate of drug-likeness (QED) is 0.725. The summed E-state index contributed by atoms with van der Waals surface area (Å²) < 4.78 is 4.80. The lowest BCUT2D eigenvalue weighted by Gasteiger charge is -2.38. The van der Waals surface area contributed by atoms with Crippen LogP contribution in [0.2, 0.25) is 0 Å². The van der Waals surface area contributed by atoms with E-state index in [-0.39, 0.29) is 17.9 Å². The molecule has 1 fully saturated rings. The second kappa shape index (κ2) is 6.21.